The molecule has 4 rings (SSSR count). The summed E-state index contributed by atoms with van der Waals surface area (Å²) in [5.74, 6) is -1.34. The van der Waals surface area contributed by atoms with E-state index in [9.17, 15) is 17.6 Å². The van der Waals surface area contributed by atoms with Crippen LogP contribution in [0.4, 0.5) is 10.2 Å². The number of morpholine rings is 1. The van der Waals surface area contributed by atoms with Crippen LogP contribution in [0.1, 0.15) is 10.4 Å². The first-order valence-corrected chi connectivity index (χ1v) is 9.88. The number of amides is 1. The summed E-state index contributed by atoms with van der Waals surface area (Å²) < 4.78 is 47.6. The number of sulfonamides is 1. The second kappa shape index (κ2) is 7.26. The lowest BCUT2D eigenvalue weighted by molar-refractivity contribution is 0.0730. The monoisotopic (exact) mass is 405 g/mol. The standard InChI is InChI=1S/C17H16FN5O4S/c18-14-2-1-12(28(25,26)22-7-9-27-10-8-22)11-13(14)17(24)21-16-3-5-19-15-4-6-20-23(15)16/h1-6,11H,7-10H2,(H,21,24). The number of nitrogens with zero attached hydrogens (tertiary/aromatic N) is 4. The molecule has 11 heteroatoms. The molecule has 1 fully saturated rings. The molecule has 0 radical (unpaired) electrons. The Kier molecular flexibility index (Phi) is 4.79. The Labute approximate surface area is 159 Å². The highest BCUT2D eigenvalue weighted by Gasteiger charge is 2.28. The molecule has 1 N–H and O–H groups in total. The second-order valence-electron chi connectivity index (χ2n) is 6.04. The van der Waals surface area contributed by atoms with Gasteiger partial charge in [0.2, 0.25) is 10.0 Å². The third-order valence-corrected chi connectivity index (χ3v) is 6.22. The smallest absolute Gasteiger partial charge is 0.259 e. The quantitative estimate of drug-likeness (QED) is 0.698. The maximum Gasteiger partial charge on any atom is 0.259 e. The highest BCUT2D eigenvalue weighted by atomic mass is 32.2. The Morgan fingerprint density at radius 2 is 1.93 bits per heavy atom. The fourth-order valence-corrected chi connectivity index (χ4v) is 4.32. The molecular weight excluding hydrogens is 389 g/mol. The number of carbonyl (C=O) groups excluding carboxylic acids is 1. The van der Waals surface area contributed by atoms with Gasteiger partial charge in [-0.2, -0.15) is 13.9 Å². The number of nitrogens with one attached hydrogen (secondary N) is 1. The molecule has 0 spiro atoms. The van der Waals surface area contributed by atoms with E-state index in [0.717, 1.165) is 18.2 Å². The van der Waals surface area contributed by atoms with Gasteiger partial charge in [0.15, 0.2) is 5.65 Å². The lowest BCUT2D eigenvalue weighted by Gasteiger charge is -2.26. The third kappa shape index (κ3) is 3.35. The minimum atomic E-state index is -3.85. The number of carbonyl (C=O) groups is 1. The third-order valence-electron chi connectivity index (χ3n) is 4.32. The lowest BCUT2D eigenvalue weighted by atomic mass is 10.2. The molecule has 3 heterocycles. The number of anilines is 1. The van der Waals surface area contributed by atoms with E-state index in [1.54, 1.807) is 6.07 Å². The van der Waals surface area contributed by atoms with E-state index in [2.05, 4.69) is 15.4 Å². The molecule has 1 aliphatic heterocycles. The fraction of sp³-hybridized carbons (Fsp3) is 0.235. The van der Waals surface area contributed by atoms with Crippen molar-refractivity contribution in [3.63, 3.8) is 0 Å². The van der Waals surface area contributed by atoms with E-state index in [0.29, 0.717) is 5.65 Å². The molecule has 2 aromatic heterocycles. The molecule has 0 saturated carbocycles. The summed E-state index contributed by atoms with van der Waals surface area (Å²) in [6.45, 7) is 0.983. The SMILES string of the molecule is O=C(Nc1ccnc2ccnn12)c1cc(S(=O)(=O)N2CCOCC2)ccc1F. The van der Waals surface area contributed by atoms with Crippen LogP contribution >= 0.6 is 0 Å². The zero-order valence-electron chi connectivity index (χ0n) is 14.6. The number of hydrogen-bond donors (Lipinski definition) is 1. The second-order valence-corrected chi connectivity index (χ2v) is 7.98. The van der Waals surface area contributed by atoms with Crippen molar-refractivity contribution in [1.29, 1.82) is 0 Å². The fourth-order valence-electron chi connectivity index (χ4n) is 2.89. The van der Waals surface area contributed by atoms with Crippen LogP contribution in [0.5, 0.6) is 0 Å². The van der Waals surface area contributed by atoms with E-state index in [-0.39, 0.29) is 42.6 Å². The van der Waals surface area contributed by atoms with Gasteiger partial charge in [0.1, 0.15) is 11.6 Å². The molecular formula is C17H16FN5O4S. The first kappa shape index (κ1) is 18.5. The zero-order chi connectivity index (χ0) is 19.7. The van der Waals surface area contributed by atoms with Crippen molar-refractivity contribution in [2.45, 2.75) is 4.90 Å². The molecule has 0 unspecified atom stereocenters. The van der Waals surface area contributed by atoms with Crippen LogP contribution < -0.4 is 5.32 Å². The van der Waals surface area contributed by atoms with Gasteiger partial charge in [-0.05, 0) is 24.3 Å². The Bertz CT molecular complexity index is 1140. The van der Waals surface area contributed by atoms with E-state index >= 15 is 0 Å². The van der Waals surface area contributed by atoms with Gasteiger partial charge in [-0.15, -0.1) is 0 Å². The van der Waals surface area contributed by atoms with E-state index < -0.39 is 21.7 Å². The molecule has 0 aliphatic carbocycles. The summed E-state index contributed by atoms with van der Waals surface area (Å²) in [6, 6.07) is 6.31. The van der Waals surface area contributed by atoms with Crippen molar-refractivity contribution < 1.29 is 22.3 Å². The molecule has 1 amide bonds. The average molecular weight is 405 g/mol. The minimum Gasteiger partial charge on any atom is -0.379 e. The summed E-state index contributed by atoms with van der Waals surface area (Å²) in [6.07, 6.45) is 2.98. The highest BCUT2D eigenvalue weighted by molar-refractivity contribution is 7.89. The van der Waals surface area contributed by atoms with E-state index in [1.165, 1.54) is 27.3 Å². The predicted molar refractivity (Wildman–Crippen MR) is 96.9 cm³/mol. The lowest BCUT2D eigenvalue weighted by Crippen LogP contribution is -2.40. The molecule has 1 aromatic carbocycles. The van der Waals surface area contributed by atoms with Crippen molar-refractivity contribution in [3.05, 3.63) is 54.1 Å². The van der Waals surface area contributed by atoms with Crippen LogP contribution in [0.3, 0.4) is 0 Å². The molecule has 0 bridgehead atoms. The largest absolute Gasteiger partial charge is 0.379 e. The van der Waals surface area contributed by atoms with Gasteiger partial charge in [-0.25, -0.2) is 17.8 Å². The van der Waals surface area contributed by atoms with Crippen LogP contribution in [-0.2, 0) is 14.8 Å². The van der Waals surface area contributed by atoms with Crippen LogP contribution in [0.25, 0.3) is 5.65 Å². The maximum atomic E-state index is 14.3. The average Bonchev–Trinajstić information content (AvgIpc) is 3.18. The summed E-state index contributed by atoms with van der Waals surface area (Å²) in [7, 11) is -3.85. The Morgan fingerprint density at radius 1 is 1.14 bits per heavy atom. The molecule has 1 saturated heterocycles. The molecule has 0 atom stereocenters. The minimum absolute atomic E-state index is 0.153. The van der Waals surface area contributed by atoms with Crippen LogP contribution in [0.2, 0.25) is 0 Å². The van der Waals surface area contributed by atoms with Gasteiger partial charge >= 0.3 is 0 Å². The number of rotatable bonds is 4. The van der Waals surface area contributed by atoms with Gasteiger partial charge in [0, 0.05) is 25.4 Å². The topological polar surface area (TPSA) is 106 Å². The van der Waals surface area contributed by atoms with Crippen molar-refractivity contribution in [2.24, 2.45) is 0 Å². The van der Waals surface area contributed by atoms with Crippen molar-refractivity contribution in [1.82, 2.24) is 18.9 Å². The Balaban J connectivity index is 1.65. The Morgan fingerprint density at radius 3 is 2.71 bits per heavy atom. The van der Waals surface area contributed by atoms with Gasteiger partial charge < -0.3 is 10.1 Å². The summed E-state index contributed by atoms with van der Waals surface area (Å²) in [5.41, 5.74) is 0.119. The number of benzene rings is 1. The molecule has 9 nitrogen and oxygen atoms in total. The normalized spacial score (nSPS) is 15.6. The predicted octanol–water partition coefficient (Wildman–Crippen LogP) is 1.14. The number of halogens is 1. The first-order chi connectivity index (χ1) is 13.5. The number of ether oxygens (including phenoxy) is 1. The van der Waals surface area contributed by atoms with Crippen molar-refractivity contribution in [2.75, 3.05) is 31.6 Å². The molecule has 146 valence electrons. The first-order valence-electron chi connectivity index (χ1n) is 8.44. The summed E-state index contributed by atoms with van der Waals surface area (Å²) in [4.78, 5) is 16.5. The van der Waals surface area contributed by atoms with Gasteiger partial charge in [-0.1, -0.05) is 0 Å². The Hall–Kier alpha value is -2.89. The number of hydrogen-bond acceptors (Lipinski definition) is 6. The van der Waals surface area contributed by atoms with Gasteiger partial charge in [0.05, 0.1) is 29.9 Å². The van der Waals surface area contributed by atoms with Gasteiger partial charge in [-0.3, -0.25) is 4.79 Å². The van der Waals surface area contributed by atoms with Gasteiger partial charge in [0.25, 0.3) is 5.91 Å². The molecule has 3 aromatic rings. The summed E-state index contributed by atoms with van der Waals surface area (Å²) >= 11 is 0. The van der Waals surface area contributed by atoms with Crippen LogP contribution in [0, 0.1) is 5.82 Å². The van der Waals surface area contributed by atoms with Crippen molar-refractivity contribution >= 4 is 27.4 Å². The molecule has 1 aliphatic rings. The van der Waals surface area contributed by atoms with E-state index in [4.69, 9.17) is 4.74 Å². The zero-order valence-corrected chi connectivity index (χ0v) is 15.4. The number of fused-ring (bicyclic) bond motifs is 1. The molecule has 28 heavy (non-hydrogen) atoms. The number of aromatic nitrogens is 3. The highest BCUT2D eigenvalue weighted by Crippen LogP contribution is 2.21. The summed E-state index contributed by atoms with van der Waals surface area (Å²) in [5, 5.41) is 6.58. The van der Waals surface area contributed by atoms with Crippen LogP contribution in [0.15, 0.2) is 47.6 Å². The van der Waals surface area contributed by atoms with E-state index in [1.807, 2.05) is 0 Å². The van der Waals surface area contributed by atoms with Crippen LogP contribution in [-0.4, -0.2) is 59.5 Å². The maximum absolute atomic E-state index is 14.3. The van der Waals surface area contributed by atoms with Crippen molar-refractivity contribution in [3.8, 4) is 0 Å².